The molecule has 1 aromatic carbocycles. The van der Waals surface area contributed by atoms with Gasteiger partial charge in [-0.25, -0.2) is 0 Å². The lowest BCUT2D eigenvalue weighted by Gasteiger charge is -1.89. The quantitative estimate of drug-likeness (QED) is 0.517. The minimum absolute atomic E-state index is 0.462. The highest BCUT2D eigenvalue weighted by Gasteiger charge is 2.04. The molecule has 54 valence electrons. The zero-order valence-electron chi connectivity index (χ0n) is 6.16. The van der Waals surface area contributed by atoms with Gasteiger partial charge in [0.25, 0.3) is 0 Å². The van der Waals surface area contributed by atoms with Crippen molar-refractivity contribution in [3.8, 4) is 0 Å². The van der Waals surface area contributed by atoms with Crippen molar-refractivity contribution in [2.24, 2.45) is 0 Å². The van der Waals surface area contributed by atoms with Crippen LogP contribution in [0.2, 0.25) is 0 Å². The van der Waals surface area contributed by atoms with Crippen LogP contribution in [0.3, 0.4) is 0 Å². The maximum absolute atomic E-state index is 5.54. The molecule has 11 heavy (non-hydrogen) atoms. The molecule has 0 aliphatic carbocycles. The van der Waals surface area contributed by atoms with Crippen LogP contribution in [-0.2, 0) is 0 Å². The van der Waals surface area contributed by atoms with Gasteiger partial charge in [0.05, 0.1) is 5.39 Å². The molecule has 2 N–H and O–H groups in total. The molecule has 0 bridgehead atoms. The van der Waals surface area contributed by atoms with Gasteiger partial charge in [0.2, 0.25) is 0 Å². The summed E-state index contributed by atoms with van der Waals surface area (Å²) < 4.78 is 5.00. The smallest absolute Gasteiger partial charge is 0.174 e. The van der Waals surface area contributed by atoms with Crippen molar-refractivity contribution in [2.75, 3.05) is 5.73 Å². The van der Waals surface area contributed by atoms with Gasteiger partial charge in [-0.05, 0) is 11.5 Å². The summed E-state index contributed by atoms with van der Waals surface area (Å²) in [4.78, 5) is 0. The van der Waals surface area contributed by atoms with Crippen LogP contribution >= 0.6 is 0 Å². The maximum atomic E-state index is 5.54. The van der Waals surface area contributed by atoms with E-state index in [0.29, 0.717) is 5.82 Å². The fourth-order valence-corrected chi connectivity index (χ4v) is 1.12. The third kappa shape index (κ3) is 0.791. The second-order valence-corrected chi connectivity index (χ2v) is 2.52. The van der Waals surface area contributed by atoms with E-state index < -0.39 is 0 Å². The molecular weight excluding hydrogens is 139 g/mol. The van der Waals surface area contributed by atoms with Crippen LogP contribution in [0.1, 0.15) is 0 Å². The van der Waals surface area contributed by atoms with Crippen LogP contribution in [0.25, 0.3) is 11.0 Å². The van der Waals surface area contributed by atoms with Crippen molar-refractivity contribution in [1.29, 1.82) is 0 Å². The van der Waals surface area contributed by atoms with Crippen LogP contribution < -0.4 is 11.2 Å². The number of hydrogen-bond donors (Lipinski definition) is 1. The number of rotatable bonds is 0. The fourth-order valence-electron chi connectivity index (χ4n) is 1.12. The van der Waals surface area contributed by atoms with Crippen molar-refractivity contribution in [3.05, 3.63) is 18.2 Å². The number of fused-ring (bicyclic) bond motifs is 1. The lowest BCUT2D eigenvalue weighted by molar-refractivity contribution is 0.462. The normalized spacial score (nSPS) is 10.5. The lowest BCUT2D eigenvalue weighted by Crippen LogP contribution is -2.00. The van der Waals surface area contributed by atoms with Crippen molar-refractivity contribution in [1.82, 2.24) is 5.16 Å². The monoisotopic (exact) mass is 146 g/mol. The molecule has 0 fully saturated rings. The zero-order valence-corrected chi connectivity index (χ0v) is 6.16. The van der Waals surface area contributed by atoms with Crippen LogP contribution in [0.15, 0.2) is 22.7 Å². The Labute approximate surface area is 64.6 Å². The molecule has 0 aliphatic heterocycles. The molecule has 0 amide bonds. The first-order valence-electron chi connectivity index (χ1n) is 3.39. The van der Waals surface area contributed by atoms with E-state index in [2.05, 4.69) is 5.16 Å². The van der Waals surface area contributed by atoms with Crippen LogP contribution in [0.5, 0.6) is 0 Å². The Hall–Kier alpha value is -1.45. The highest BCUT2D eigenvalue weighted by molar-refractivity contribution is 6.38. The van der Waals surface area contributed by atoms with E-state index in [-0.39, 0.29) is 0 Å². The summed E-state index contributed by atoms with van der Waals surface area (Å²) in [6.07, 6.45) is 0. The second kappa shape index (κ2) is 2.02. The van der Waals surface area contributed by atoms with E-state index in [1.54, 1.807) is 0 Å². The third-order valence-corrected chi connectivity index (χ3v) is 1.72. The van der Waals surface area contributed by atoms with Gasteiger partial charge in [-0.2, -0.15) is 0 Å². The highest BCUT2D eigenvalue weighted by atomic mass is 16.5. The minimum atomic E-state index is 0.462. The average molecular weight is 146 g/mol. The predicted molar refractivity (Wildman–Crippen MR) is 46.6 cm³/mol. The Balaban J connectivity index is 2.94. The number of para-hydroxylation sites is 1. The molecule has 0 atom stereocenters. The summed E-state index contributed by atoms with van der Waals surface area (Å²) in [5.74, 6) is 0.462. The van der Waals surface area contributed by atoms with Gasteiger partial charge in [-0.15, -0.1) is 0 Å². The summed E-state index contributed by atoms with van der Waals surface area (Å²) in [5.41, 5.74) is 7.38. The highest BCUT2D eigenvalue weighted by Crippen LogP contribution is 2.16. The van der Waals surface area contributed by atoms with E-state index >= 15 is 0 Å². The number of aromatic nitrogens is 1. The molecule has 0 spiro atoms. The van der Waals surface area contributed by atoms with E-state index in [4.69, 9.17) is 10.3 Å². The number of nitrogens with two attached hydrogens (primary N) is 1. The summed E-state index contributed by atoms with van der Waals surface area (Å²) in [5, 5.41) is 4.55. The number of benzene rings is 1. The molecular formula is C7H7BN2O. The molecule has 0 unspecified atom stereocenters. The summed E-state index contributed by atoms with van der Waals surface area (Å²) in [7, 11) is 1.97. The Morgan fingerprint density at radius 1 is 1.45 bits per heavy atom. The summed E-state index contributed by atoms with van der Waals surface area (Å²) >= 11 is 0. The molecule has 1 aromatic heterocycles. The Morgan fingerprint density at radius 3 is 3.00 bits per heavy atom. The maximum Gasteiger partial charge on any atom is 0.174 e. The number of nitrogens with zero attached hydrogens (tertiary/aromatic N) is 1. The van der Waals surface area contributed by atoms with Crippen molar-refractivity contribution >= 4 is 30.1 Å². The Bertz CT molecular complexity index is 396. The van der Waals surface area contributed by atoms with E-state index in [1.807, 2.05) is 26.0 Å². The van der Waals surface area contributed by atoms with Crippen LogP contribution in [-0.4, -0.2) is 13.0 Å². The predicted octanol–water partition coefficient (Wildman–Crippen LogP) is -0.332. The minimum Gasteiger partial charge on any atom is -0.380 e. The van der Waals surface area contributed by atoms with Gasteiger partial charge in [0, 0.05) is 0 Å². The largest absolute Gasteiger partial charge is 0.380 e. The number of nitrogen functional groups attached to an aromatic ring is 1. The lowest BCUT2D eigenvalue weighted by atomic mass is 9.94. The van der Waals surface area contributed by atoms with Gasteiger partial charge < -0.3 is 10.3 Å². The fraction of sp³-hybridized carbons (Fsp3) is 0. The molecule has 0 aliphatic rings. The Kier molecular flexibility index (Phi) is 1.15. The first-order chi connectivity index (χ1) is 5.29. The number of anilines is 1. The van der Waals surface area contributed by atoms with Crippen LogP contribution in [0, 0.1) is 0 Å². The van der Waals surface area contributed by atoms with Gasteiger partial charge >= 0.3 is 0 Å². The topological polar surface area (TPSA) is 52.0 Å². The van der Waals surface area contributed by atoms with Crippen molar-refractivity contribution < 1.29 is 4.52 Å². The van der Waals surface area contributed by atoms with Crippen molar-refractivity contribution in [2.45, 2.75) is 0 Å². The molecule has 2 aromatic rings. The molecule has 1 heterocycles. The first kappa shape index (κ1) is 6.28. The van der Waals surface area contributed by atoms with Crippen molar-refractivity contribution in [3.63, 3.8) is 0 Å². The molecule has 4 heteroatoms. The van der Waals surface area contributed by atoms with E-state index in [1.165, 1.54) is 0 Å². The summed E-state index contributed by atoms with van der Waals surface area (Å²) in [6.45, 7) is 0. The van der Waals surface area contributed by atoms with E-state index in [9.17, 15) is 0 Å². The van der Waals surface area contributed by atoms with Crippen LogP contribution in [0.4, 0.5) is 5.82 Å². The van der Waals surface area contributed by atoms with Gasteiger partial charge in [-0.3, -0.25) is 0 Å². The average Bonchev–Trinajstić information content (AvgIpc) is 2.35. The molecule has 0 radical (unpaired) electrons. The van der Waals surface area contributed by atoms with Gasteiger partial charge in [0.1, 0.15) is 7.85 Å². The summed E-state index contributed by atoms with van der Waals surface area (Å²) in [6, 6.07) is 5.80. The Morgan fingerprint density at radius 2 is 2.27 bits per heavy atom. The van der Waals surface area contributed by atoms with Gasteiger partial charge in [0.15, 0.2) is 11.4 Å². The standard InChI is InChI=1S/C7H7BN2O/c8-5-3-1-2-4-6(5)11-10-7(4)9/h1-3H,8H2,(H2,9,10). The van der Waals surface area contributed by atoms with Gasteiger partial charge in [-0.1, -0.05) is 17.3 Å². The third-order valence-electron chi connectivity index (χ3n) is 1.72. The molecule has 3 nitrogen and oxygen atoms in total. The molecule has 2 rings (SSSR count). The molecule has 0 saturated heterocycles. The zero-order chi connectivity index (χ0) is 7.84. The second-order valence-electron chi connectivity index (χ2n) is 2.52. The SMILES string of the molecule is Bc1cccc2c(N)noc12. The number of hydrogen-bond acceptors (Lipinski definition) is 3. The van der Waals surface area contributed by atoms with E-state index in [0.717, 1.165) is 16.4 Å². The molecule has 0 saturated carbocycles. The first-order valence-corrected chi connectivity index (χ1v) is 3.39.